The molecule has 0 saturated carbocycles. The Morgan fingerprint density at radius 2 is 2.54 bits per heavy atom. The molecule has 1 rings (SSSR count). The maximum Gasteiger partial charge on any atom is 0.0950 e. The van der Waals surface area contributed by atoms with E-state index in [4.69, 9.17) is 10.8 Å². The van der Waals surface area contributed by atoms with Crippen molar-refractivity contribution in [3.8, 4) is 12.3 Å². The molecule has 1 aromatic heterocycles. The van der Waals surface area contributed by atoms with Gasteiger partial charge in [0, 0.05) is 18.0 Å². The quantitative estimate of drug-likeness (QED) is 0.551. The first kappa shape index (κ1) is 9.88. The van der Waals surface area contributed by atoms with E-state index in [1.165, 1.54) is 5.56 Å². The van der Waals surface area contributed by atoms with Gasteiger partial charge in [-0.25, -0.2) is 0 Å². The molecule has 0 aliphatic heterocycles. The lowest BCUT2D eigenvalue weighted by Crippen LogP contribution is -2.15. The molecule has 0 saturated heterocycles. The number of rotatable bonds is 5. The molecule has 0 aliphatic carbocycles. The van der Waals surface area contributed by atoms with Crippen LogP contribution in [0.2, 0.25) is 0 Å². The molecule has 1 N–H and O–H groups in total. The van der Waals surface area contributed by atoms with Crippen LogP contribution >= 0.6 is 0 Å². The van der Waals surface area contributed by atoms with Gasteiger partial charge < -0.3 is 9.73 Å². The highest BCUT2D eigenvalue weighted by atomic mass is 16.3. The summed E-state index contributed by atoms with van der Waals surface area (Å²) >= 11 is 0. The second kappa shape index (κ2) is 5.45. The molecule has 0 spiro atoms. The van der Waals surface area contributed by atoms with Crippen LogP contribution < -0.4 is 5.32 Å². The Bertz CT molecular complexity index is 258. The van der Waals surface area contributed by atoms with Crippen molar-refractivity contribution in [3.05, 3.63) is 24.2 Å². The van der Waals surface area contributed by atoms with Crippen LogP contribution in [-0.4, -0.2) is 7.05 Å². The lowest BCUT2D eigenvalue weighted by Gasteiger charge is -2.12. The Balaban J connectivity index is 2.41. The molecule has 0 aromatic carbocycles. The van der Waals surface area contributed by atoms with Crippen LogP contribution in [0.25, 0.3) is 0 Å². The normalized spacial score (nSPS) is 12.3. The maximum absolute atomic E-state index is 5.19. The zero-order valence-corrected chi connectivity index (χ0v) is 7.92. The van der Waals surface area contributed by atoms with Gasteiger partial charge in [-0.15, -0.1) is 12.3 Å². The van der Waals surface area contributed by atoms with Crippen LogP contribution in [-0.2, 0) is 0 Å². The molecule has 0 bridgehead atoms. The van der Waals surface area contributed by atoms with Crippen LogP contribution in [0.5, 0.6) is 0 Å². The van der Waals surface area contributed by atoms with Gasteiger partial charge in [0.05, 0.1) is 12.5 Å². The molecule has 1 atom stereocenters. The Morgan fingerprint density at radius 3 is 3.08 bits per heavy atom. The summed E-state index contributed by atoms with van der Waals surface area (Å²) in [5.74, 6) is 2.64. The van der Waals surface area contributed by atoms with E-state index in [1.807, 2.05) is 13.1 Å². The third-order valence-corrected chi connectivity index (χ3v) is 2.11. The molecule has 0 amide bonds. The van der Waals surface area contributed by atoms with E-state index in [1.54, 1.807) is 12.5 Å². The summed E-state index contributed by atoms with van der Waals surface area (Å²) in [5.41, 5.74) is 1.19. The molecular weight excluding hydrogens is 162 g/mol. The van der Waals surface area contributed by atoms with Crippen LogP contribution in [0.4, 0.5) is 0 Å². The second-order valence-corrected chi connectivity index (χ2v) is 2.99. The molecule has 0 radical (unpaired) electrons. The van der Waals surface area contributed by atoms with E-state index >= 15 is 0 Å². The zero-order chi connectivity index (χ0) is 9.52. The Kier molecular flexibility index (Phi) is 4.14. The molecule has 0 fully saturated rings. The summed E-state index contributed by atoms with van der Waals surface area (Å²) in [6.45, 7) is 0. The van der Waals surface area contributed by atoms with Crippen molar-refractivity contribution >= 4 is 0 Å². The van der Waals surface area contributed by atoms with Gasteiger partial charge >= 0.3 is 0 Å². The van der Waals surface area contributed by atoms with Crippen molar-refractivity contribution in [2.75, 3.05) is 7.05 Å². The summed E-state index contributed by atoms with van der Waals surface area (Å²) in [5, 5.41) is 3.23. The first-order chi connectivity index (χ1) is 6.38. The molecule has 2 heteroatoms. The summed E-state index contributed by atoms with van der Waals surface area (Å²) in [6.07, 6.45) is 11.6. The molecule has 13 heavy (non-hydrogen) atoms. The molecule has 1 aromatic rings. The topological polar surface area (TPSA) is 25.2 Å². The highest BCUT2D eigenvalue weighted by molar-refractivity contribution is 5.11. The van der Waals surface area contributed by atoms with Gasteiger partial charge in [-0.05, 0) is 26.0 Å². The van der Waals surface area contributed by atoms with Gasteiger partial charge in [-0.3, -0.25) is 0 Å². The van der Waals surface area contributed by atoms with Crippen molar-refractivity contribution in [1.29, 1.82) is 0 Å². The largest absolute Gasteiger partial charge is 0.472 e. The minimum atomic E-state index is 0.368. The number of furan rings is 1. The monoisotopic (exact) mass is 177 g/mol. The van der Waals surface area contributed by atoms with Gasteiger partial charge in [0.1, 0.15) is 0 Å². The number of unbranched alkanes of at least 4 members (excludes halogenated alkanes) is 1. The van der Waals surface area contributed by atoms with Gasteiger partial charge in [-0.2, -0.15) is 0 Å². The standard InChI is InChI=1S/C11H15NO/c1-3-4-5-6-11(12-2)10-7-8-13-9-10/h1,7-9,11-12H,4-6H2,2H3. The highest BCUT2D eigenvalue weighted by Gasteiger charge is 2.08. The predicted molar refractivity (Wildman–Crippen MR) is 53.2 cm³/mol. The third kappa shape index (κ3) is 2.96. The minimum absolute atomic E-state index is 0.368. The third-order valence-electron chi connectivity index (χ3n) is 2.11. The summed E-state index contributed by atoms with van der Waals surface area (Å²) in [4.78, 5) is 0. The summed E-state index contributed by atoms with van der Waals surface area (Å²) in [6, 6.07) is 2.35. The van der Waals surface area contributed by atoms with Crippen molar-refractivity contribution in [2.45, 2.75) is 25.3 Å². The average molecular weight is 177 g/mol. The van der Waals surface area contributed by atoms with Gasteiger partial charge in [0.15, 0.2) is 0 Å². The van der Waals surface area contributed by atoms with E-state index in [-0.39, 0.29) is 0 Å². The fourth-order valence-corrected chi connectivity index (χ4v) is 1.36. The van der Waals surface area contributed by atoms with Crippen LogP contribution in [0, 0.1) is 12.3 Å². The SMILES string of the molecule is C#CCCCC(NC)c1ccoc1. The molecule has 0 aliphatic rings. The van der Waals surface area contributed by atoms with Crippen molar-refractivity contribution in [2.24, 2.45) is 0 Å². The summed E-state index contributed by atoms with van der Waals surface area (Å²) in [7, 11) is 1.95. The van der Waals surface area contributed by atoms with Crippen LogP contribution in [0.3, 0.4) is 0 Å². The van der Waals surface area contributed by atoms with Crippen LogP contribution in [0.15, 0.2) is 23.0 Å². The van der Waals surface area contributed by atoms with E-state index in [9.17, 15) is 0 Å². The van der Waals surface area contributed by atoms with Gasteiger partial charge in [0.2, 0.25) is 0 Å². The number of hydrogen-bond acceptors (Lipinski definition) is 2. The first-order valence-corrected chi connectivity index (χ1v) is 4.51. The lowest BCUT2D eigenvalue weighted by atomic mass is 10.0. The van der Waals surface area contributed by atoms with Crippen molar-refractivity contribution in [3.63, 3.8) is 0 Å². The maximum atomic E-state index is 5.19. The fraction of sp³-hybridized carbons (Fsp3) is 0.455. The van der Waals surface area contributed by atoms with Gasteiger partial charge in [-0.1, -0.05) is 0 Å². The molecule has 2 nitrogen and oxygen atoms in total. The zero-order valence-electron chi connectivity index (χ0n) is 7.92. The lowest BCUT2D eigenvalue weighted by molar-refractivity contribution is 0.513. The Hall–Kier alpha value is -1.20. The molecule has 70 valence electrons. The smallest absolute Gasteiger partial charge is 0.0950 e. The summed E-state index contributed by atoms with van der Waals surface area (Å²) < 4.78 is 5.02. The Labute approximate surface area is 79.3 Å². The Morgan fingerprint density at radius 1 is 1.69 bits per heavy atom. The number of nitrogens with one attached hydrogen (secondary N) is 1. The predicted octanol–water partition coefficient (Wildman–Crippen LogP) is 2.34. The molecular formula is C11H15NO. The van der Waals surface area contributed by atoms with E-state index in [0.29, 0.717) is 6.04 Å². The number of terminal acetylenes is 1. The van der Waals surface area contributed by atoms with Crippen molar-refractivity contribution < 1.29 is 4.42 Å². The van der Waals surface area contributed by atoms with E-state index < -0.39 is 0 Å². The number of hydrogen-bond donors (Lipinski definition) is 1. The van der Waals surface area contributed by atoms with Gasteiger partial charge in [0.25, 0.3) is 0 Å². The van der Waals surface area contributed by atoms with E-state index in [0.717, 1.165) is 19.3 Å². The highest BCUT2D eigenvalue weighted by Crippen LogP contribution is 2.18. The first-order valence-electron chi connectivity index (χ1n) is 4.51. The van der Waals surface area contributed by atoms with Crippen molar-refractivity contribution in [1.82, 2.24) is 5.32 Å². The second-order valence-electron chi connectivity index (χ2n) is 2.99. The van der Waals surface area contributed by atoms with Crippen LogP contribution in [0.1, 0.15) is 30.9 Å². The fourth-order valence-electron chi connectivity index (χ4n) is 1.36. The average Bonchev–Trinajstić information content (AvgIpc) is 2.65. The molecule has 1 heterocycles. The van der Waals surface area contributed by atoms with E-state index in [2.05, 4.69) is 11.2 Å². The molecule has 1 unspecified atom stereocenters. The minimum Gasteiger partial charge on any atom is -0.472 e.